The average Bonchev–Trinajstić information content (AvgIpc) is 3.56. The van der Waals surface area contributed by atoms with Crippen molar-refractivity contribution in [3.8, 4) is 22.5 Å². The first-order valence-corrected chi connectivity index (χ1v) is 13.9. The van der Waals surface area contributed by atoms with Gasteiger partial charge < -0.3 is 15.7 Å². The highest BCUT2D eigenvalue weighted by Crippen LogP contribution is 2.41. The maximum Gasteiger partial charge on any atom is 0.321 e. The molecular weight excluding hydrogens is 508 g/mol. The normalized spacial score (nSPS) is 15.1. The summed E-state index contributed by atoms with van der Waals surface area (Å²) in [6, 6.07) is 9.27. The van der Waals surface area contributed by atoms with Crippen LogP contribution in [0.1, 0.15) is 33.1 Å². The quantitative estimate of drug-likeness (QED) is 0.321. The van der Waals surface area contributed by atoms with Crippen molar-refractivity contribution in [2.75, 3.05) is 29.4 Å². The maximum absolute atomic E-state index is 12.0. The van der Waals surface area contributed by atoms with E-state index in [2.05, 4.69) is 16.0 Å². The number of hydrogen-bond acceptors (Lipinski definition) is 8. The maximum atomic E-state index is 12.0. The summed E-state index contributed by atoms with van der Waals surface area (Å²) in [5.41, 5.74) is 9.14. The molecule has 0 spiro atoms. The van der Waals surface area contributed by atoms with Gasteiger partial charge >= 0.3 is 12.0 Å². The molecule has 3 aromatic heterocycles. The second-order valence-electron chi connectivity index (χ2n) is 9.11. The van der Waals surface area contributed by atoms with Crippen LogP contribution < -0.4 is 15.5 Å². The SMILES string of the molecule is CCN(C(N)=O)c1nc2cc(-c3csc(N4CCC(CC)(C(=O)O)CC4)n3)cc(-c3ccccn3)c2s1. The molecule has 0 bridgehead atoms. The summed E-state index contributed by atoms with van der Waals surface area (Å²) in [6.07, 6.45) is 3.61. The van der Waals surface area contributed by atoms with Crippen LogP contribution in [-0.4, -0.2) is 51.7 Å². The zero-order chi connectivity index (χ0) is 26.2. The number of aliphatic carboxylic acids is 1. The number of aromatic nitrogens is 3. The first-order chi connectivity index (χ1) is 17.8. The van der Waals surface area contributed by atoms with Crippen molar-refractivity contribution >= 4 is 55.2 Å². The molecule has 4 heterocycles. The van der Waals surface area contributed by atoms with Crippen LogP contribution in [0.3, 0.4) is 0 Å². The van der Waals surface area contributed by atoms with E-state index in [1.165, 1.54) is 16.2 Å². The fraction of sp³-hybridized carbons (Fsp3) is 0.346. The molecule has 9 nitrogen and oxygen atoms in total. The van der Waals surface area contributed by atoms with Crippen molar-refractivity contribution in [3.63, 3.8) is 0 Å². The summed E-state index contributed by atoms with van der Waals surface area (Å²) in [7, 11) is 0. The molecule has 0 unspecified atom stereocenters. The van der Waals surface area contributed by atoms with Crippen LogP contribution in [0.2, 0.25) is 0 Å². The van der Waals surface area contributed by atoms with Gasteiger partial charge in [-0.1, -0.05) is 24.3 Å². The number of anilines is 2. The van der Waals surface area contributed by atoms with Gasteiger partial charge in [0.1, 0.15) is 0 Å². The Morgan fingerprint density at radius 1 is 1.16 bits per heavy atom. The molecular formula is C26H28N6O3S2. The number of hydrogen-bond donors (Lipinski definition) is 2. The molecule has 5 rings (SSSR count). The molecule has 1 aliphatic rings. The zero-order valence-corrected chi connectivity index (χ0v) is 22.3. The van der Waals surface area contributed by atoms with Gasteiger partial charge in [-0.05, 0) is 50.5 Å². The summed E-state index contributed by atoms with van der Waals surface area (Å²) < 4.78 is 0.924. The summed E-state index contributed by atoms with van der Waals surface area (Å²) in [5, 5.41) is 13.2. The highest BCUT2D eigenvalue weighted by atomic mass is 32.1. The van der Waals surface area contributed by atoms with Gasteiger partial charge in [-0.2, -0.15) is 0 Å². The predicted molar refractivity (Wildman–Crippen MR) is 148 cm³/mol. The largest absolute Gasteiger partial charge is 0.481 e. The Bertz CT molecular complexity index is 1440. The number of thiazole rings is 2. The minimum atomic E-state index is -0.703. The van der Waals surface area contributed by atoms with E-state index in [9.17, 15) is 14.7 Å². The van der Waals surface area contributed by atoms with Gasteiger partial charge in [-0.25, -0.2) is 14.8 Å². The number of piperidine rings is 1. The first kappa shape index (κ1) is 25.1. The molecule has 192 valence electrons. The Hall–Kier alpha value is -3.57. The standard InChI is InChI=1S/C26H28N6O3S2/c1-3-26(22(33)34)8-11-31(12-9-26)24-30-20(15-36-24)16-13-17(18-7-5-6-10-28-18)21-19(14-16)29-25(37-21)32(4-2)23(27)35/h5-7,10,13-15H,3-4,8-9,11-12H2,1-2H3,(H2,27,35)(H,33,34). The third-order valence-electron chi connectivity index (χ3n) is 7.14. The van der Waals surface area contributed by atoms with Gasteiger partial charge in [-0.3, -0.25) is 14.7 Å². The number of nitrogens with two attached hydrogens (primary N) is 1. The molecule has 1 saturated heterocycles. The summed E-state index contributed by atoms with van der Waals surface area (Å²) in [6.45, 7) is 5.57. The molecule has 0 saturated carbocycles. The lowest BCUT2D eigenvalue weighted by Gasteiger charge is -2.38. The van der Waals surface area contributed by atoms with E-state index in [0.717, 1.165) is 37.9 Å². The third kappa shape index (κ3) is 4.64. The fourth-order valence-corrected chi connectivity index (χ4v) is 6.80. The first-order valence-electron chi connectivity index (χ1n) is 12.2. The molecule has 1 aromatic carbocycles. The number of nitrogens with zero attached hydrogens (tertiary/aromatic N) is 5. The lowest BCUT2D eigenvalue weighted by molar-refractivity contribution is -0.150. The van der Waals surface area contributed by atoms with E-state index in [-0.39, 0.29) is 0 Å². The Morgan fingerprint density at radius 2 is 1.95 bits per heavy atom. The molecule has 3 N–H and O–H groups in total. The van der Waals surface area contributed by atoms with Gasteiger partial charge in [0.05, 0.1) is 27.0 Å². The van der Waals surface area contributed by atoms with Crippen molar-refractivity contribution in [3.05, 3.63) is 41.9 Å². The van der Waals surface area contributed by atoms with E-state index in [4.69, 9.17) is 15.7 Å². The van der Waals surface area contributed by atoms with Gasteiger partial charge in [0.15, 0.2) is 10.3 Å². The minimum absolute atomic E-state index is 0.424. The Morgan fingerprint density at radius 3 is 2.57 bits per heavy atom. The van der Waals surface area contributed by atoms with Gasteiger partial charge in [0.2, 0.25) is 0 Å². The highest BCUT2D eigenvalue weighted by molar-refractivity contribution is 7.23. The Balaban J connectivity index is 1.52. The van der Waals surface area contributed by atoms with Crippen LogP contribution in [0.15, 0.2) is 41.9 Å². The van der Waals surface area contributed by atoms with Crippen LogP contribution in [0.4, 0.5) is 15.1 Å². The Kier molecular flexibility index (Phi) is 6.82. The molecule has 1 aliphatic heterocycles. The molecule has 0 aliphatic carbocycles. The van der Waals surface area contributed by atoms with Gasteiger partial charge in [-0.15, -0.1) is 11.3 Å². The van der Waals surface area contributed by atoms with Crippen LogP contribution in [-0.2, 0) is 4.79 Å². The number of amides is 2. The van der Waals surface area contributed by atoms with Crippen molar-refractivity contribution in [2.45, 2.75) is 33.1 Å². The molecule has 37 heavy (non-hydrogen) atoms. The second kappa shape index (κ2) is 10.1. The van der Waals surface area contributed by atoms with E-state index >= 15 is 0 Å². The minimum Gasteiger partial charge on any atom is -0.481 e. The zero-order valence-electron chi connectivity index (χ0n) is 20.7. The van der Waals surface area contributed by atoms with Gasteiger partial charge in [0, 0.05) is 42.3 Å². The van der Waals surface area contributed by atoms with Crippen molar-refractivity contribution < 1.29 is 14.7 Å². The van der Waals surface area contributed by atoms with E-state index in [1.807, 2.05) is 43.5 Å². The van der Waals surface area contributed by atoms with Crippen molar-refractivity contribution in [1.82, 2.24) is 15.0 Å². The van der Waals surface area contributed by atoms with Crippen molar-refractivity contribution in [1.29, 1.82) is 0 Å². The monoisotopic (exact) mass is 536 g/mol. The average molecular weight is 537 g/mol. The number of carboxylic acids is 1. The fourth-order valence-electron chi connectivity index (χ4n) is 4.77. The number of benzene rings is 1. The number of carbonyl (C=O) groups excluding carboxylic acids is 1. The number of carbonyl (C=O) groups is 2. The summed E-state index contributed by atoms with van der Waals surface area (Å²) in [5.74, 6) is -0.703. The summed E-state index contributed by atoms with van der Waals surface area (Å²) in [4.78, 5) is 41.6. The topological polar surface area (TPSA) is 126 Å². The number of primary amides is 1. The molecule has 2 amide bonds. The number of fused-ring (bicyclic) bond motifs is 1. The molecule has 0 atom stereocenters. The molecule has 11 heteroatoms. The number of carboxylic acid groups (broad SMARTS) is 1. The van der Waals surface area contributed by atoms with Crippen molar-refractivity contribution in [2.24, 2.45) is 11.1 Å². The number of urea groups is 1. The van der Waals surface area contributed by atoms with Crippen LogP contribution in [0.25, 0.3) is 32.7 Å². The van der Waals surface area contributed by atoms with E-state index in [0.29, 0.717) is 44.0 Å². The number of rotatable bonds is 7. The van der Waals surface area contributed by atoms with Crippen LogP contribution in [0, 0.1) is 5.41 Å². The van der Waals surface area contributed by atoms with E-state index < -0.39 is 17.4 Å². The number of pyridine rings is 1. The summed E-state index contributed by atoms with van der Waals surface area (Å²) >= 11 is 2.97. The molecule has 4 aromatic rings. The van der Waals surface area contributed by atoms with E-state index in [1.54, 1.807) is 17.5 Å². The molecule has 1 fully saturated rings. The smallest absolute Gasteiger partial charge is 0.321 e. The Labute approximate surface area is 222 Å². The lowest BCUT2D eigenvalue weighted by atomic mass is 9.76. The molecule has 0 radical (unpaired) electrons. The van der Waals surface area contributed by atoms with Crippen LogP contribution in [0.5, 0.6) is 0 Å². The third-order valence-corrected chi connectivity index (χ3v) is 9.17. The van der Waals surface area contributed by atoms with Gasteiger partial charge in [0.25, 0.3) is 0 Å². The second-order valence-corrected chi connectivity index (χ2v) is 10.9. The predicted octanol–water partition coefficient (Wildman–Crippen LogP) is 5.47. The highest BCUT2D eigenvalue weighted by Gasteiger charge is 2.40. The van der Waals surface area contributed by atoms with Crippen LogP contribution >= 0.6 is 22.7 Å². The lowest BCUT2D eigenvalue weighted by Crippen LogP contribution is -2.44.